The summed E-state index contributed by atoms with van der Waals surface area (Å²) >= 11 is 0.213. The van der Waals surface area contributed by atoms with Gasteiger partial charge in [0.2, 0.25) is 0 Å². The van der Waals surface area contributed by atoms with Crippen LogP contribution in [0.4, 0.5) is 0 Å². The van der Waals surface area contributed by atoms with Crippen molar-refractivity contribution in [1.82, 2.24) is 0 Å². The summed E-state index contributed by atoms with van der Waals surface area (Å²) in [5.74, 6) is 0.932. The van der Waals surface area contributed by atoms with Crippen LogP contribution in [-0.4, -0.2) is 18.4 Å². The standard InChI is InChI=1S/C17H29S.3CH3.Sn/c1-3-5-7-9-11-16(10-8-6-4-2)14-17-12-13-18-15-17;;;;/h12,15-16H,3-11,14H2,1-2H3;3*1H3;. The van der Waals surface area contributed by atoms with E-state index in [4.69, 9.17) is 0 Å². The van der Waals surface area contributed by atoms with Crippen LogP contribution in [0, 0.1) is 5.92 Å². The Labute approximate surface area is 148 Å². The van der Waals surface area contributed by atoms with Gasteiger partial charge in [0.25, 0.3) is 0 Å². The van der Waals surface area contributed by atoms with E-state index in [-0.39, 0.29) is 0 Å². The van der Waals surface area contributed by atoms with Crippen LogP contribution in [-0.2, 0) is 6.42 Å². The van der Waals surface area contributed by atoms with Gasteiger partial charge in [0, 0.05) is 0 Å². The minimum absolute atomic E-state index is 0.932. The van der Waals surface area contributed by atoms with E-state index in [1.807, 2.05) is 0 Å². The van der Waals surface area contributed by atoms with E-state index < -0.39 is 18.4 Å². The van der Waals surface area contributed by atoms with Crippen LogP contribution in [0.3, 0.4) is 0 Å². The summed E-state index contributed by atoms with van der Waals surface area (Å²) in [6, 6.07) is 2.57. The van der Waals surface area contributed by atoms with Gasteiger partial charge in [0.1, 0.15) is 0 Å². The van der Waals surface area contributed by atoms with Crippen molar-refractivity contribution in [3.63, 3.8) is 0 Å². The molecule has 0 saturated carbocycles. The van der Waals surface area contributed by atoms with E-state index in [0.29, 0.717) is 0 Å². The third-order valence-corrected chi connectivity index (χ3v) is 15.1. The average molecular weight is 429 g/mol. The van der Waals surface area contributed by atoms with Gasteiger partial charge in [-0.2, -0.15) is 0 Å². The van der Waals surface area contributed by atoms with Gasteiger partial charge in [-0.3, -0.25) is 0 Å². The fraction of sp³-hybridized carbons (Fsp3) is 0.800. The van der Waals surface area contributed by atoms with Gasteiger partial charge in [0.05, 0.1) is 0 Å². The Kier molecular flexibility index (Phi) is 10.4. The van der Waals surface area contributed by atoms with Crippen molar-refractivity contribution in [3.05, 3.63) is 17.0 Å². The third-order valence-electron chi connectivity index (χ3n) is 4.60. The van der Waals surface area contributed by atoms with E-state index >= 15 is 0 Å². The van der Waals surface area contributed by atoms with Crippen LogP contribution in [0.5, 0.6) is 0 Å². The van der Waals surface area contributed by atoms with Crippen molar-refractivity contribution in [3.8, 4) is 0 Å². The van der Waals surface area contributed by atoms with Crippen LogP contribution >= 0.6 is 11.3 Å². The van der Waals surface area contributed by atoms with Crippen molar-refractivity contribution in [2.45, 2.75) is 92.9 Å². The first kappa shape index (κ1) is 20.5. The molecule has 1 heterocycles. The third kappa shape index (κ3) is 8.38. The van der Waals surface area contributed by atoms with Crippen molar-refractivity contribution in [1.29, 1.82) is 0 Å². The van der Waals surface area contributed by atoms with E-state index in [1.54, 1.807) is 8.46 Å². The van der Waals surface area contributed by atoms with Gasteiger partial charge in [-0.1, -0.05) is 0 Å². The molecule has 0 fully saturated rings. The molecule has 0 amide bonds. The molecule has 1 unspecified atom stereocenters. The molecule has 0 aromatic carbocycles. The second-order valence-electron chi connectivity index (χ2n) is 7.98. The first-order valence-corrected chi connectivity index (χ1v) is 20.4. The fourth-order valence-electron chi connectivity index (χ4n) is 3.10. The number of thiophene rings is 1. The molecule has 1 atom stereocenters. The number of hydrogen-bond donors (Lipinski definition) is 0. The minimum atomic E-state index is -1.84. The molecular formula is C20H38SSn. The first-order chi connectivity index (χ1) is 10.5. The van der Waals surface area contributed by atoms with Crippen LogP contribution in [0.2, 0.25) is 14.8 Å². The first-order valence-electron chi connectivity index (χ1n) is 9.55. The molecule has 0 radical (unpaired) electrons. The molecule has 0 saturated heterocycles. The van der Waals surface area contributed by atoms with Crippen LogP contribution in [0.1, 0.15) is 77.2 Å². The predicted octanol–water partition coefficient (Wildman–Crippen LogP) is 7.00. The van der Waals surface area contributed by atoms with Gasteiger partial charge >= 0.3 is 148 Å². The summed E-state index contributed by atoms with van der Waals surface area (Å²) in [6.07, 6.45) is 14.1. The summed E-state index contributed by atoms with van der Waals surface area (Å²) in [5, 5.41) is 2.47. The fourth-order valence-corrected chi connectivity index (χ4v) is 9.41. The van der Waals surface area contributed by atoms with Gasteiger partial charge < -0.3 is 0 Å². The number of rotatable bonds is 12. The molecule has 128 valence electrons. The molecule has 0 aliphatic heterocycles. The molecule has 1 aromatic rings. The molecule has 1 aromatic heterocycles. The normalized spacial score (nSPS) is 13.5. The van der Waals surface area contributed by atoms with Gasteiger partial charge in [-0.25, -0.2) is 0 Å². The van der Waals surface area contributed by atoms with Gasteiger partial charge in [0.15, 0.2) is 0 Å². The molecule has 0 bridgehead atoms. The van der Waals surface area contributed by atoms with Gasteiger partial charge in [-0.15, -0.1) is 0 Å². The maximum absolute atomic E-state index is 2.57. The Morgan fingerprint density at radius 3 is 2.05 bits per heavy atom. The average Bonchev–Trinajstić information content (AvgIpc) is 2.92. The second-order valence-corrected chi connectivity index (χ2v) is 24.3. The topological polar surface area (TPSA) is 0 Å². The number of unbranched alkanes of at least 4 members (excludes halogenated alkanes) is 5. The Balaban J connectivity index is 2.52. The summed E-state index contributed by atoms with van der Waals surface area (Å²) in [6.45, 7) is 4.63. The van der Waals surface area contributed by atoms with Crippen molar-refractivity contribution < 1.29 is 0 Å². The van der Waals surface area contributed by atoms with Crippen LogP contribution in [0.25, 0.3) is 0 Å². The van der Waals surface area contributed by atoms with Crippen molar-refractivity contribution >= 4 is 32.6 Å². The Morgan fingerprint density at radius 1 is 0.909 bits per heavy atom. The van der Waals surface area contributed by atoms with E-state index in [9.17, 15) is 0 Å². The second kappa shape index (κ2) is 11.1. The number of hydrogen-bond acceptors (Lipinski definition) is 1. The zero-order valence-electron chi connectivity index (χ0n) is 15.7. The molecular weight excluding hydrogens is 391 g/mol. The summed E-state index contributed by atoms with van der Waals surface area (Å²) in [4.78, 5) is 7.61. The molecule has 0 nitrogen and oxygen atoms in total. The Hall–Kier alpha value is 0.499. The molecule has 22 heavy (non-hydrogen) atoms. The molecule has 0 aliphatic carbocycles. The SMILES string of the molecule is CCCCCCC(CCCCC)Cc1cs[c]([Sn]([CH3])([CH3])[CH3])c1. The monoisotopic (exact) mass is 430 g/mol. The van der Waals surface area contributed by atoms with E-state index in [1.165, 1.54) is 64.2 Å². The zero-order chi connectivity index (χ0) is 16.4. The van der Waals surface area contributed by atoms with Crippen LogP contribution in [0.15, 0.2) is 11.4 Å². The summed E-state index contributed by atoms with van der Waals surface area (Å²) < 4.78 is 1.75. The van der Waals surface area contributed by atoms with Gasteiger partial charge in [-0.05, 0) is 0 Å². The van der Waals surface area contributed by atoms with Crippen molar-refractivity contribution in [2.75, 3.05) is 0 Å². The maximum atomic E-state index is 2.57. The van der Waals surface area contributed by atoms with E-state index in [2.05, 4.69) is 51.4 Å². The van der Waals surface area contributed by atoms with Crippen LogP contribution < -0.4 is 2.89 Å². The quantitative estimate of drug-likeness (QED) is 0.248. The zero-order valence-corrected chi connectivity index (χ0v) is 19.4. The Morgan fingerprint density at radius 2 is 1.50 bits per heavy atom. The summed E-state index contributed by atoms with van der Waals surface area (Å²) in [5.41, 5.74) is 1.64. The Bertz CT molecular complexity index is 389. The molecule has 2 heteroatoms. The predicted molar refractivity (Wildman–Crippen MR) is 107 cm³/mol. The molecule has 0 N–H and O–H groups in total. The summed E-state index contributed by atoms with van der Waals surface area (Å²) in [7, 11) is 0. The van der Waals surface area contributed by atoms with E-state index in [0.717, 1.165) is 5.92 Å². The molecule has 1 rings (SSSR count). The molecule has 0 aliphatic rings. The van der Waals surface area contributed by atoms with Crippen molar-refractivity contribution in [2.24, 2.45) is 5.92 Å². The molecule has 0 spiro atoms.